The van der Waals surface area contributed by atoms with E-state index in [1.165, 1.54) is 7.11 Å². The molecule has 0 fully saturated rings. The molecule has 0 atom stereocenters. The quantitative estimate of drug-likeness (QED) is 0.620. The first-order valence-electron chi connectivity index (χ1n) is 6.45. The van der Waals surface area contributed by atoms with Crippen molar-refractivity contribution in [2.24, 2.45) is 0 Å². The van der Waals surface area contributed by atoms with Gasteiger partial charge in [-0.05, 0) is 29.3 Å². The predicted molar refractivity (Wildman–Crippen MR) is 75.5 cm³/mol. The van der Waals surface area contributed by atoms with Gasteiger partial charge in [-0.15, -0.1) is 0 Å². The molecule has 0 aromatic heterocycles. The van der Waals surface area contributed by atoms with Gasteiger partial charge >= 0.3 is 11.9 Å². The van der Waals surface area contributed by atoms with Crippen LogP contribution in [0.25, 0.3) is 10.8 Å². The molecule has 0 saturated carbocycles. The summed E-state index contributed by atoms with van der Waals surface area (Å²) in [5, 5.41) is 2.12. The molecule has 0 aliphatic rings. The zero-order valence-corrected chi connectivity index (χ0v) is 11.3. The summed E-state index contributed by atoms with van der Waals surface area (Å²) in [7, 11) is 1.33. The van der Waals surface area contributed by atoms with Crippen LogP contribution in [0.3, 0.4) is 0 Å². The van der Waals surface area contributed by atoms with E-state index in [0.29, 0.717) is 12.2 Å². The van der Waals surface area contributed by atoms with Gasteiger partial charge in [0.1, 0.15) is 5.75 Å². The minimum Gasteiger partial charge on any atom is -0.469 e. The van der Waals surface area contributed by atoms with E-state index in [1.807, 2.05) is 36.4 Å². The summed E-state index contributed by atoms with van der Waals surface area (Å²) in [6.45, 7) is 0. The number of ether oxygens (including phenoxy) is 2. The third-order valence-electron chi connectivity index (χ3n) is 2.94. The highest BCUT2D eigenvalue weighted by Gasteiger charge is 2.07. The summed E-state index contributed by atoms with van der Waals surface area (Å²) < 4.78 is 9.75. The Kier molecular flexibility index (Phi) is 4.71. The number of rotatable bonds is 5. The molecule has 0 amide bonds. The molecule has 0 bridgehead atoms. The van der Waals surface area contributed by atoms with Crippen molar-refractivity contribution in [3.05, 3.63) is 42.5 Å². The molecule has 0 aliphatic heterocycles. The predicted octanol–water partition coefficient (Wildman–Crippen LogP) is 3.09. The molecule has 0 saturated heterocycles. The molecule has 2 rings (SSSR count). The number of benzene rings is 2. The first-order valence-corrected chi connectivity index (χ1v) is 6.45. The molecule has 2 aromatic rings. The van der Waals surface area contributed by atoms with Crippen molar-refractivity contribution >= 4 is 22.7 Å². The normalized spacial score (nSPS) is 10.2. The van der Waals surface area contributed by atoms with E-state index in [-0.39, 0.29) is 24.8 Å². The van der Waals surface area contributed by atoms with Crippen LogP contribution < -0.4 is 4.74 Å². The number of carbonyl (C=O) groups excluding carboxylic acids is 2. The Morgan fingerprint density at radius 1 is 0.950 bits per heavy atom. The van der Waals surface area contributed by atoms with Crippen LogP contribution >= 0.6 is 0 Å². The fourth-order valence-corrected chi connectivity index (χ4v) is 1.89. The molecule has 104 valence electrons. The first-order chi connectivity index (χ1) is 9.69. The average Bonchev–Trinajstić information content (AvgIpc) is 2.47. The minimum atomic E-state index is -0.343. The summed E-state index contributed by atoms with van der Waals surface area (Å²) in [4.78, 5) is 22.6. The number of carbonyl (C=O) groups is 2. The fourth-order valence-electron chi connectivity index (χ4n) is 1.89. The van der Waals surface area contributed by atoms with Crippen LogP contribution in [0.2, 0.25) is 0 Å². The minimum absolute atomic E-state index is 0.196. The fraction of sp³-hybridized carbons (Fsp3) is 0.250. The molecule has 0 radical (unpaired) electrons. The van der Waals surface area contributed by atoms with Crippen molar-refractivity contribution in [2.75, 3.05) is 7.11 Å². The molecule has 4 heteroatoms. The summed E-state index contributed by atoms with van der Waals surface area (Å²) in [5.74, 6) is -0.139. The number of hydrogen-bond acceptors (Lipinski definition) is 4. The van der Waals surface area contributed by atoms with E-state index in [9.17, 15) is 9.59 Å². The zero-order chi connectivity index (χ0) is 14.4. The van der Waals surface area contributed by atoms with Crippen molar-refractivity contribution < 1.29 is 19.1 Å². The van der Waals surface area contributed by atoms with Gasteiger partial charge in [-0.25, -0.2) is 0 Å². The Hall–Kier alpha value is -2.36. The smallest absolute Gasteiger partial charge is 0.311 e. The van der Waals surface area contributed by atoms with E-state index < -0.39 is 0 Å². The van der Waals surface area contributed by atoms with Crippen molar-refractivity contribution in [1.82, 2.24) is 0 Å². The van der Waals surface area contributed by atoms with E-state index in [1.54, 1.807) is 6.07 Å². The van der Waals surface area contributed by atoms with Gasteiger partial charge in [0.05, 0.1) is 7.11 Å². The highest BCUT2D eigenvalue weighted by molar-refractivity contribution is 5.84. The second kappa shape index (κ2) is 6.70. The summed E-state index contributed by atoms with van der Waals surface area (Å²) in [5.41, 5.74) is 0. The first kappa shape index (κ1) is 14.1. The summed E-state index contributed by atoms with van der Waals surface area (Å²) in [6, 6.07) is 13.4. The van der Waals surface area contributed by atoms with Crippen molar-refractivity contribution in [3.8, 4) is 5.75 Å². The van der Waals surface area contributed by atoms with Gasteiger partial charge in [-0.1, -0.05) is 30.3 Å². The van der Waals surface area contributed by atoms with Crippen LogP contribution in [-0.2, 0) is 14.3 Å². The topological polar surface area (TPSA) is 52.6 Å². The lowest BCUT2D eigenvalue weighted by molar-refractivity contribution is -0.141. The maximum atomic E-state index is 11.6. The van der Waals surface area contributed by atoms with Gasteiger partial charge in [0.15, 0.2) is 0 Å². The highest BCUT2D eigenvalue weighted by atomic mass is 16.5. The SMILES string of the molecule is COC(=O)CCCC(=O)Oc1ccc2ccccc2c1. The monoisotopic (exact) mass is 272 g/mol. The Morgan fingerprint density at radius 2 is 1.65 bits per heavy atom. The Bertz CT molecular complexity index is 619. The Balaban J connectivity index is 1.91. The van der Waals surface area contributed by atoms with Gasteiger partial charge in [-0.3, -0.25) is 9.59 Å². The van der Waals surface area contributed by atoms with Crippen LogP contribution in [0, 0.1) is 0 Å². The van der Waals surface area contributed by atoms with E-state index in [2.05, 4.69) is 4.74 Å². The van der Waals surface area contributed by atoms with Crippen LogP contribution in [0.5, 0.6) is 5.75 Å². The maximum Gasteiger partial charge on any atom is 0.311 e. The van der Waals surface area contributed by atoms with Gasteiger partial charge in [0.2, 0.25) is 0 Å². The van der Waals surface area contributed by atoms with Gasteiger partial charge < -0.3 is 9.47 Å². The molecule has 4 nitrogen and oxygen atoms in total. The molecular weight excluding hydrogens is 256 g/mol. The van der Waals surface area contributed by atoms with Crippen LogP contribution in [-0.4, -0.2) is 19.0 Å². The second-order valence-electron chi connectivity index (χ2n) is 4.41. The van der Waals surface area contributed by atoms with Crippen LogP contribution in [0.15, 0.2) is 42.5 Å². The average molecular weight is 272 g/mol. The summed E-state index contributed by atoms with van der Waals surface area (Å²) in [6.07, 6.45) is 0.852. The maximum absolute atomic E-state index is 11.6. The molecule has 0 heterocycles. The van der Waals surface area contributed by atoms with Crippen LogP contribution in [0.1, 0.15) is 19.3 Å². The number of methoxy groups -OCH3 is 1. The highest BCUT2D eigenvalue weighted by Crippen LogP contribution is 2.21. The van der Waals surface area contributed by atoms with Gasteiger partial charge in [0, 0.05) is 12.8 Å². The third kappa shape index (κ3) is 3.82. The Morgan fingerprint density at radius 3 is 2.40 bits per heavy atom. The molecule has 0 aliphatic carbocycles. The lowest BCUT2D eigenvalue weighted by Gasteiger charge is -2.05. The molecule has 20 heavy (non-hydrogen) atoms. The number of hydrogen-bond donors (Lipinski definition) is 0. The lowest BCUT2D eigenvalue weighted by atomic mass is 10.1. The summed E-state index contributed by atoms with van der Waals surface area (Å²) >= 11 is 0. The van der Waals surface area contributed by atoms with E-state index in [0.717, 1.165) is 10.8 Å². The van der Waals surface area contributed by atoms with E-state index in [4.69, 9.17) is 4.74 Å². The van der Waals surface area contributed by atoms with Crippen molar-refractivity contribution in [2.45, 2.75) is 19.3 Å². The van der Waals surface area contributed by atoms with Crippen molar-refractivity contribution in [3.63, 3.8) is 0 Å². The number of esters is 2. The molecule has 0 unspecified atom stereocenters. The lowest BCUT2D eigenvalue weighted by Crippen LogP contribution is -2.09. The third-order valence-corrected chi connectivity index (χ3v) is 2.94. The van der Waals surface area contributed by atoms with Gasteiger partial charge in [-0.2, -0.15) is 0 Å². The second-order valence-corrected chi connectivity index (χ2v) is 4.41. The molecular formula is C16H16O4. The largest absolute Gasteiger partial charge is 0.469 e. The Labute approximate surface area is 117 Å². The molecule has 0 spiro atoms. The molecule has 2 aromatic carbocycles. The van der Waals surface area contributed by atoms with Crippen LogP contribution in [0.4, 0.5) is 0 Å². The standard InChI is InChI=1S/C16H16O4/c1-19-15(17)7-4-8-16(18)20-14-10-9-12-5-2-3-6-13(12)11-14/h2-3,5-6,9-11H,4,7-8H2,1H3. The number of fused-ring (bicyclic) bond motifs is 1. The van der Waals surface area contributed by atoms with Gasteiger partial charge in [0.25, 0.3) is 0 Å². The van der Waals surface area contributed by atoms with E-state index >= 15 is 0 Å². The van der Waals surface area contributed by atoms with Crippen molar-refractivity contribution in [1.29, 1.82) is 0 Å². The molecule has 0 N–H and O–H groups in total. The zero-order valence-electron chi connectivity index (χ0n) is 11.3.